The van der Waals surface area contributed by atoms with E-state index in [1.54, 1.807) is 0 Å². The van der Waals surface area contributed by atoms with Crippen LogP contribution < -0.4 is 9.64 Å². The SMILES string of the molecule is c1ccc2c(c1)Cc1cc(N(c3ccc(-c4ccc5c(c4)C4(c6ccccc6O5)c5ccccc5-c5ccccc54)cc3)c3cccc4oc5ccccc5c34)ccc1-2. The zero-order valence-corrected chi connectivity index (χ0v) is 32.0. The minimum Gasteiger partial charge on any atom is -0.457 e. The Morgan fingerprint density at radius 2 is 1.03 bits per heavy atom. The standard InChI is InChI=1S/C56H35NO2/c1-2-13-41-37(12-1)32-38-33-40(29-30-42(38)41)57(50-20-11-23-54-55(50)45-16-5-9-21-51(45)58-54)39-27-24-35(25-28-39)36-26-31-53-49(34-36)56(48-19-8-10-22-52(48)59-53)46-17-6-3-14-43(46)44-15-4-7-18-47(44)56/h1-31,33-34H,32H2. The molecule has 1 aromatic heterocycles. The lowest BCUT2D eigenvalue weighted by Crippen LogP contribution is -2.32. The third kappa shape index (κ3) is 4.53. The summed E-state index contributed by atoms with van der Waals surface area (Å²) in [6.45, 7) is 0. The lowest BCUT2D eigenvalue weighted by Gasteiger charge is -2.39. The zero-order valence-electron chi connectivity index (χ0n) is 32.0. The molecule has 0 atom stereocenters. The van der Waals surface area contributed by atoms with Crippen LogP contribution in [0.4, 0.5) is 17.1 Å². The predicted octanol–water partition coefficient (Wildman–Crippen LogP) is 14.8. The predicted molar refractivity (Wildman–Crippen MR) is 239 cm³/mol. The minimum absolute atomic E-state index is 0.511. The summed E-state index contributed by atoms with van der Waals surface area (Å²) in [7, 11) is 0. The fourth-order valence-corrected chi connectivity index (χ4v) is 10.5. The van der Waals surface area contributed by atoms with E-state index in [4.69, 9.17) is 9.15 Å². The highest BCUT2D eigenvalue weighted by molar-refractivity contribution is 6.13. The van der Waals surface area contributed by atoms with E-state index < -0.39 is 5.41 Å². The number of nitrogens with zero attached hydrogens (tertiary/aromatic N) is 1. The van der Waals surface area contributed by atoms with Crippen LogP contribution >= 0.6 is 0 Å². The number of fused-ring (bicyclic) bond motifs is 15. The highest BCUT2D eigenvalue weighted by Gasteiger charge is 2.51. The molecule has 13 rings (SSSR count). The van der Waals surface area contributed by atoms with Crippen LogP contribution in [0.5, 0.6) is 11.5 Å². The van der Waals surface area contributed by atoms with Crippen molar-refractivity contribution in [3.05, 3.63) is 234 Å². The van der Waals surface area contributed by atoms with Crippen molar-refractivity contribution < 1.29 is 9.15 Å². The second kappa shape index (κ2) is 12.2. The first-order valence-corrected chi connectivity index (χ1v) is 20.4. The van der Waals surface area contributed by atoms with Crippen molar-refractivity contribution in [3.63, 3.8) is 0 Å². The number of furan rings is 1. The number of hydrogen-bond acceptors (Lipinski definition) is 3. The fourth-order valence-electron chi connectivity index (χ4n) is 10.5. The van der Waals surface area contributed by atoms with Gasteiger partial charge in [-0.2, -0.15) is 0 Å². The Hall–Kier alpha value is -7.62. The van der Waals surface area contributed by atoms with Crippen molar-refractivity contribution in [2.75, 3.05) is 4.90 Å². The molecule has 0 unspecified atom stereocenters. The van der Waals surface area contributed by atoms with E-state index in [1.165, 1.54) is 50.1 Å². The summed E-state index contributed by atoms with van der Waals surface area (Å²) < 4.78 is 13.2. The Labute approximate surface area is 342 Å². The van der Waals surface area contributed by atoms with Crippen LogP contribution in [0.25, 0.3) is 55.3 Å². The summed E-state index contributed by atoms with van der Waals surface area (Å²) >= 11 is 0. The molecule has 2 aliphatic carbocycles. The highest BCUT2D eigenvalue weighted by Crippen LogP contribution is 2.62. The Bertz CT molecular complexity index is 3310. The van der Waals surface area contributed by atoms with Gasteiger partial charge in [-0.15, -0.1) is 0 Å². The van der Waals surface area contributed by atoms with Gasteiger partial charge in [0.1, 0.15) is 22.7 Å². The van der Waals surface area contributed by atoms with Gasteiger partial charge in [0.25, 0.3) is 0 Å². The molecule has 59 heavy (non-hydrogen) atoms. The van der Waals surface area contributed by atoms with Crippen LogP contribution in [0, 0.1) is 0 Å². The van der Waals surface area contributed by atoms with E-state index >= 15 is 0 Å². The van der Waals surface area contributed by atoms with Gasteiger partial charge in [-0.25, -0.2) is 0 Å². The monoisotopic (exact) mass is 753 g/mol. The number of rotatable bonds is 4. The Morgan fingerprint density at radius 3 is 1.86 bits per heavy atom. The molecule has 0 fully saturated rings. The molecule has 1 spiro atoms. The van der Waals surface area contributed by atoms with Crippen LogP contribution in [0.2, 0.25) is 0 Å². The van der Waals surface area contributed by atoms with Crippen LogP contribution in [0.3, 0.4) is 0 Å². The Balaban J connectivity index is 0.973. The molecular formula is C56H35NO2. The number of anilines is 3. The normalized spacial score (nSPS) is 13.6. The van der Waals surface area contributed by atoms with Crippen LogP contribution in [-0.4, -0.2) is 0 Å². The molecule has 3 aliphatic rings. The number of hydrogen-bond donors (Lipinski definition) is 0. The average Bonchev–Trinajstić information content (AvgIpc) is 3.96. The molecule has 9 aromatic carbocycles. The Kier molecular flexibility index (Phi) is 6.71. The van der Waals surface area contributed by atoms with Crippen molar-refractivity contribution >= 4 is 39.0 Å². The molecule has 0 radical (unpaired) electrons. The Morgan fingerprint density at radius 1 is 0.407 bits per heavy atom. The summed E-state index contributed by atoms with van der Waals surface area (Å²) in [5.74, 6) is 1.79. The zero-order chi connectivity index (χ0) is 38.7. The molecule has 3 nitrogen and oxygen atoms in total. The van der Waals surface area contributed by atoms with E-state index in [9.17, 15) is 0 Å². The van der Waals surface area contributed by atoms with E-state index in [2.05, 4.69) is 199 Å². The van der Waals surface area contributed by atoms with Gasteiger partial charge in [0.05, 0.1) is 16.5 Å². The van der Waals surface area contributed by atoms with E-state index in [-0.39, 0.29) is 0 Å². The van der Waals surface area contributed by atoms with Gasteiger partial charge in [0.2, 0.25) is 0 Å². The number of ether oxygens (including phenoxy) is 1. The fraction of sp³-hybridized carbons (Fsp3) is 0.0357. The van der Waals surface area contributed by atoms with Crippen molar-refractivity contribution in [1.29, 1.82) is 0 Å². The van der Waals surface area contributed by atoms with Crippen LogP contribution in [0.1, 0.15) is 33.4 Å². The quantitative estimate of drug-likeness (QED) is 0.179. The molecule has 0 amide bonds. The van der Waals surface area contributed by atoms with Gasteiger partial charge in [0, 0.05) is 27.9 Å². The maximum atomic E-state index is 6.73. The minimum atomic E-state index is -0.511. The second-order valence-corrected chi connectivity index (χ2v) is 16.0. The van der Waals surface area contributed by atoms with Gasteiger partial charge < -0.3 is 14.1 Å². The summed E-state index contributed by atoms with van der Waals surface area (Å²) in [5, 5.41) is 2.21. The average molecular weight is 754 g/mol. The first kappa shape index (κ1) is 32.5. The van der Waals surface area contributed by atoms with Gasteiger partial charge in [-0.3, -0.25) is 0 Å². The summed E-state index contributed by atoms with van der Waals surface area (Å²) in [4.78, 5) is 2.40. The second-order valence-electron chi connectivity index (χ2n) is 16.0. The van der Waals surface area contributed by atoms with Crippen molar-refractivity contribution in [3.8, 4) is 44.9 Å². The molecule has 0 saturated heterocycles. The molecule has 0 saturated carbocycles. The number of benzene rings is 9. The maximum Gasteiger partial charge on any atom is 0.137 e. The van der Waals surface area contributed by atoms with Crippen molar-refractivity contribution in [2.24, 2.45) is 0 Å². The van der Waals surface area contributed by atoms with E-state index in [1.807, 2.05) is 6.07 Å². The molecule has 276 valence electrons. The smallest absolute Gasteiger partial charge is 0.137 e. The molecule has 0 N–H and O–H groups in total. The molecule has 10 aromatic rings. The van der Waals surface area contributed by atoms with Gasteiger partial charge in [-0.1, -0.05) is 140 Å². The summed E-state index contributed by atoms with van der Waals surface area (Å²) in [6, 6.07) is 72.6. The van der Waals surface area contributed by atoms with Crippen molar-refractivity contribution in [2.45, 2.75) is 11.8 Å². The van der Waals surface area contributed by atoms with E-state index in [0.29, 0.717) is 0 Å². The van der Waals surface area contributed by atoms with Gasteiger partial charge >= 0.3 is 0 Å². The largest absolute Gasteiger partial charge is 0.457 e. The molecule has 0 bridgehead atoms. The summed E-state index contributed by atoms with van der Waals surface area (Å²) in [5.41, 5.74) is 19.6. The maximum absolute atomic E-state index is 6.73. The molecular weight excluding hydrogens is 719 g/mol. The third-order valence-corrected chi connectivity index (χ3v) is 13.0. The van der Waals surface area contributed by atoms with E-state index in [0.717, 1.165) is 73.6 Å². The summed E-state index contributed by atoms with van der Waals surface area (Å²) in [6.07, 6.45) is 0.925. The lowest BCUT2D eigenvalue weighted by molar-refractivity contribution is 0.436. The highest BCUT2D eigenvalue weighted by atomic mass is 16.5. The van der Waals surface area contributed by atoms with Gasteiger partial charge in [-0.05, 0) is 123 Å². The molecule has 2 heterocycles. The van der Waals surface area contributed by atoms with Crippen LogP contribution in [-0.2, 0) is 11.8 Å². The topological polar surface area (TPSA) is 25.6 Å². The lowest BCUT2D eigenvalue weighted by atomic mass is 9.66. The van der Waals surface area contributed by atoms with Gasteiger partial charge in [0.15, 0.2) is 0 Å². The molecule has 1 aliphatic heterocycles. The third-order valence-electron chi connectivity index (χ3n) is 13.0. The first-order valence-electron chi connectivity index (χ1n) is 20.4. The molecule has 3 heteroatoms. The van der Waals surface area contributed by atoms with Crippen LogP contribution in [0.15, 0.2) is 205 Å². The van der Waals surface area contributed by atoms with Crippen molar-refractivity contribution in [1.82, 2.24) is 0 Å². The first-order chi connectivity index (χ1) is 29.2. The number of para-hydroxylation sites is 2.